The molecule has 0 saturated carbocycles. The van der Waals surface area contributed by atoms with Crippen molar-refractivity contribution >= 4 is 7.60 Å². The van der Waals surface area contributed by atoms with Crippen molar-refractivity contribution in [1.82, 2.24) is 13.7 Å². The highest BCUT2D eigenvalue weighted by Crippen LogP contribution is 2.67. The van der Waals surface area contributed by atoms with Crippen LogP contribution >= 0.6 is 7.60 Å². The molecule has 0 aliphatic heterocycles. The van der Waals surface area contributed by atoms with E-state index in [2.05, 4.69) is 76.2 Å². The average Bonchev–Trinajstić information content (AvgIpc) is 0.731. The van der Waals surface area contributed by atoms with E-state index in [-0.39, 0.29) is 42.6 Å². The zero-order chi connectivity index (χ0) is 79.3. The molecule has 0 bridgehead atoms. The van der Waals surface area contributed by atoms with E-state index in [1.54, 1.807) is 13.8 Å². The summed E-state index contributed by atoms with van der Waals surface area (Å²) in [7, 11) is -4.93. The van der Waals surface area contributed by atoms with Gasteiger partial charge in [0.2, 0.25) is 0 Å². The number of aromatic nitrogens is 3. The number of nitrogens with zero attached hydrogens (tertiary/aromatic N) is 3. The molecule has 5 aromatic rings. The van der Waals surface area contributed by atoms with Crippen LogP contribution in [0.15, 0.2) is 44.7 Å². The third kappa shape index (κ3) is 24.8. The first kappa shape index (κ1) is 91.3. The zero-order valence-corrected chi connectivity index (χ0v) is 72.6. The van der Waals surface area contributed by atoms with Crippen LogP contribution in [0, 0.1) is 41.5 Å². The molecule has 4 aromatic carbocycles. The van der Waals surface area contributed by atoms with Gasteiger partial charge in [0.05, 0.1) is 19.6 Å². The lowest BCUT2D eigenvalue weighted by atomic mass is 9.75. The van der Waals surface area contributed by atoms with E-state index in [0.717, 1.165) is 80.0 Å². The molecule has 13 heteroatoms. The maximum atomic E-state index is 17.2. The van der Waals surface area contributed by atoms with Gasteiger partial charge in [-0.3, -0.25) is 0 Å². The van der Waals surface area contributed by atoms with Crippen LogP contribution in [-0.2, 0) is 56.4 Å². The molecule has 0 amide bonds. The van der Waals surface area contributed by atoms with E-state index in [4.69, 9.17) is 4.52 Å². The average molecular weight is 1490 g/mol. The van der Waals surface area contributed by atoms with Crippen LogP contribution in [0.25, 0.3) is 0 Å². The van der Waals surface area contributed by atoms with Crippen LogP contribution in [0.3, 0.4) is 0 Å². The first-order valence-electron chi connectivity index (χ1n) is 42.1. The van der Waals surface area contributed by atoms with Crippen molar-refractivity contribution in [2.45, 2.75) is 429 Å². The smallest absolute Gasteiger partial charge is 0.387 e. The number of aromatic hydroxyl groups is 3. The number of aryl methyl sites for hydroxylation is 3. The molecule has 0 aliphatic carbocycles. The third-order valence-electron chi connectivity index (χ3n) is 23.3. The summed E-state index contributed by atoms with van der Waals surface area (Å²) in [5, 5.41) is 34.6. The lowest BCUT2D eigenvalue weighted by molar-refractivity contribution is 0.299. The number of phenols is 3. The highest BCUT2D eigenvalue weighted by molar-refractivity contribution is 7.54. The standard InChI is InChI=1S/C93H152N3O9P/c1-24-26-28-30-32-34-36-38-40-42-44-46-48-50-52-54-56-93(72-61-78(90(15,16)17)83(99)79(62-72)91(18,19)20,57-55-53-51-49-47-45-43-41-39-37-35-33-31-29-27-25-2)106(103,104)105-84-71(8)75(68(5)60-80(84)92(21,22)23)65-96-86(101)94(63-73-66(3)58-76(88(9,10)11)81(97)69(73)6)85(100)95(87(96)102)64-74-67(4)59-77(89(12,13)14)82(98)70(74)7/h58-62,97-99H,24-57,63-65H2,1-23H3,(H,103,104). The fourth-order valence-corrected chi connectivity index (χ4v) is 18.2. The molecule has 106 heavy (non-hydrogen) atoms. The molecule has 0 radical (unpaired) electrons. The van der Waals surface area contributed by atoms with Crippen LogP contribution in [-0.4, -0.2) is 33.9 Å². The Morgan fingerprint density at radius 3 is 0.811 bits per heavy atom. The van der Waals surface area contributed by atoms with Gasteiger partial charge >= 0.3 is 24.7 Å². The minimum atomic E-state index is -4.93. The van der Waals surface area contributed by atoms with E-state index < -0.39 is 56.9 Å². The second kappa shape index (κ2) is 40.6. The van der Waals surface area contributed by atoms with Crippen molar-refractivity contribution in [3.05, 3.63) is 145 Å². The van der Waals surface area contributed by atoms with Crippen LogP contribution < -0.4 is 21.6 Å². The Labute approximate surface area is 644 Å². The Balaban J connectivity index is 1.69. The van der Waals surface area contributed by atoms with Crippen LogP contribution in [0.5, 0.6) is 23.0 Å². The third-order valence-corrected chi connectivity index (χ3v) is 25.6. The highest BCUT2D eigenvalue weighted by Gasteiger charge is 2.52. The van der Waals surface area contributed by atoms with Crippen LogP contribution in [0.2, 0.25) is 0 Å². The van der Waals surface area contributed by atoms with Crippen molar-refractivity contribution in [2.75, 3.05) is 0 Å². The predicted molar refractivity (Wildman–Crippen MR) is 450 cm³/mol. The molecule has 0 fully saturated rings. The van der Waals surface area contributed by atoms with Gasteiger partial charge in [0.25, 0.3) is 0 Å². The minimum absolute atomic E-state index is 0.0723. The summed E-state index contributed by atoms with van der Waals surface area (Å²) in [4.78, 5) is 60.6. The lowest BCUT2D eigenvalue weighted by Crippen LogP contribution is -2.55. The zero-order valence-electron chi connectivity index (χ0n) is 71.7. The van der Waals surface area contributed by atoms with E-state index >= 15 is 18.9 Å². The maximum Gasteiger partial charge on any atom is 0.387 e. The molecule has 598 valence electrons. The Hall–Kier alpha value is -5.32. The summed E-state index contributed by atoms with van der Waals surface area (Å²) in [5.41, 5.74) is 4.61. The van der Waals surface area contributed by atoms with E-state index in [1.807, 2.05) is 99.6 Å². The lowest BCUT2D eigenvalue weighted by Gasteiger charge is -2.40. The Morgan fingerprint density at radius 1 is 0.330 bits per heavy atom. The molecule has 5 rings (SSSR count). The molecule has 4 N–H and O–H groups in total. The Morgan fingerprint density at radius 2 is 0.557 bits per heavy atom. The Kier molecular flexibility index (Phi) is 34.9. The summed E-state index contributed by atoms with van der Waals surface area (Å²) >= 11 is 0. The topological polar surface area (TPSA) is 173 Å². The van der Waals surface area contributed by atoms with Crippen molar-refractivity contribution in [3.8, 4) is 23.0 Å². The number of benzene rings is 4. The molecule has 1 unspecified atom stereocenters. The highest BCUT2D eigenvalue weighted by atomic mass is 31.2. The predicted octanol–water partition coefficient (Wildman–Crippen LogP) is 25.5. The van der Waals surface area contributed by atoms with Gasteiger partial charge in [0, 0.05) is 5.56 Å². The molecule has 0 spiro atoms. The molecule has 1 aromatic heterocycles. The minimum Gasteiger partial charge on any atom is -0.507 e. The number of hydrogen-bond donors (Lipinski definition) is 4. The first-order chi connectivity index (χ1) is 49.5. The SMILES string of the molecule is CCCCCCCCCCCCCCCCCCC(CCCCCCCCCCCCCCCCCC)(c1cc(C(C)(C)C)c(O)c(C(C)(C)C)c1)P(=O)(O)Oc1c(C(C)(C)C)cc(C)c(Cn2c(=O)n(Cc3c(C)cc(C(C)(C)C)c(O)c3C)c(=O)n(Cc3c(C)cc(C(C)(C)C)c(O)c3C)c2=O)c1C. The van der Waals surface area contributed by atoms with Crippen molar-refractivity contribution in [1.29, 1.82) is 0 Å². The summed E-state index contributed by atoms with van der Waals surface area (Å²) in [5.74, 6) is 0.567. The van der Waals surface area contributed by atoms with Gasteiger partial charge in [-0.05, 0) is 159 Å². The van der Waals surface area contributed by atoms with E-state index in [0.29, 0.717) is 81.3 Å². The normalized spacial score (nSPS) is 13.3. The van der Waals surface area contributed by atoms with Crippen LogP contribution in [0.1, 0.15) is 419 Å². The van der Waals surface area contributed by atoms with Gasteiger partial charge in [0.15, 0.2) is 0 Å². The molecule has 0 aliphatic rings. The number of rotatable bonds is 44. The number of unbranched alkanes of at least 4 members (excludes halogenated alkanes) is 30. The quantitative estimate of drug-likeness (QED) is 0.0219. The fraction of sp³-hybridized carbons (Fsp3) is 0.710. The van der Waals surface area contributed by atoms with Gasteiger partial charge < -0.3 is 24.7 Å². The number of phenolic OH excluding ortho intramolecular Hbond substituents is 3. The van der Waals surface area contributed by atoms with Gasteiger partial charge in [0.1, 0.15) is 28.2 Å². The van der Waals surface area contributed by atoms with Gasteiger partial charge in [-0.25, -0.2) is 32.6 Å². The van der Waals surface area contributed by atoms with Crippen LogP contribution in [0.4, 0.5) is 0 Å². The van der Waals surface area contributed by atoms with E-state index in [9.17, 15) is 20.2 Å². The molecular weight excluding hydrogens is 1330 g/mol. The molecule has 1 atom stereocenters. The molecular formula is C93H152N3O9P. The molecule has 1 heterocycles. The van der Waals surface area contributed by atoms with Gasteiger partial charge in [-0.1, -0.05) is 354 Å². The summed E-state index contributed by atoms with van der Waals surface area (Å²) < 4.78 is 27.7. The van der Waals surface area contributed by atoms with E-state index in [1.165, 1.54) is 154 Å². The molecule has 12 nitrogen and oxygen atoms in total. The number of hydrogen-bond acceptors (Lipinski definition) is 8. The monoisotopic (exact) mass is 1490 g/mol. The summed E-state index contributed by atoms with van der Waals surface area (Å²) in [6.07, 6.45) is 39.3. The second-order valence-electron chi connectivity index (χ2n) is 37.6. The van der Waals surface area contributed by atoms with Gasteiger partial charge in [-0.15, -0.1) is 0 Å². The fourth-order valence-electron chi connectivity index (χ4n) is 16.2. The maximum absolute atomic E-state index is 17.2. The Bertz CT molecular complexity index is 3680. The largest absolute Gasteiger partial charge is 0.507 e. The van der Waals surface area contributed by atoms with Crippen molar-refractivity contribution in [3.63, 3.8) is 0 Å². The van der Waals surface area contributed by atoms with Crippen molar-refractivity contribution < 1.29 is 29.3 Å². The first-order valence-corrected chi connectivity index (χ1v) is 43.7. The van der Waals surface area contributed by atoms with Gasteiger partial charge in [-0.2, -0.15) is 0 Å². The molecule has 0 saturated heterocycles. The summed E-state index contributed by atoms with van der Waals surface area (Å²) in [6, 6.07) is 9.82. The second-order valence-corrected chi connectivity index (χ2v) is 39.7. The van der Waals surface area contributed by atoms with Crippen molar-refractivity contribution in [2.24, 2.45) is 0 Å². The summed E-state index contributed by atoms with van der Waals surface area (Å²) in [6.45, 7) is 45.7.